The predicted molar refractivity (Wildman–Crippen MR) is 65.8 cm³/mol. The van der Waals surface area contributed by atoms with Gasteiger partial charge in [-0.3, -0.25) is 9.59 Å². The number of hydrogen-bond donors (Lipinski definition) is 3. The van der Waals surface area contributed by atoms with E-state index in [1.165, 1.54) is 11.8 Å². The zero-order valence-electron chi connectivity index (χ0n) is 10.1. The summed E-state index contributed by atoms with van der Waals surface area (Å²) in [5.41, 5.74) is 0. The third kappa shape index (κ3) is 6.83. The Hall–Kier alpha value is -1.24. The summed E-state index contributed by atoms with van der Waals surface area (Å²) in [4.78, 5) is 32.4. The van der Waals surface area contributed by atoms with E-state index in [0.29, 0.717) is 6.41 Å². The van der Waals surface area contributed by atoms with Gasteiger partial charge in [0.25, 0.3) is 0 Å². The number of carboxylic acid groups (broad SMARTS) is 1. The zero-order valence-corrected chi connectivity index (χ0v) is 10.9. The number of carboxylic acids is 1. The summed E-state index contributed by atoms with van der Waals surface area (Å²) in [7, 11) is 0. The van der Waals surface area contributed by atoms with Crippen molar-refractivity contribution in [3.05, 3.63) is 0 Å². The number of nitrogens with one attached hydrogen (secondary N) is 2. The van der Waals surface area contributed by atoms with E-state index in [0.717, 1.165) is 0 Å². The van der Waals surface area contributed by atoms with Crippen LogP contribution in [0.3, 0.4) is 0 Å². The predicted octanol–water partition coefficient (Wildman–Crippen LogP) is -0.168. The molecule has 17 heavy (non-hydrogen) atoms. The Bertz CT molecular complexity index is 283. The van der Waals surface area contributed by atoms with E-state index in [4.69, 9.17) is 5.11 Å². The summed E-state index contributed by atoms with van der Waals surface area (Å²) in [5, 5.41) is 13.3. The summed E-state index contributed by atoms with van der Waals surface area (Å²) >= 11 is 1.19. The lowest BCUT2D eigenvalue weighted by atomic mass is 10.3. The molecule has 0 aromatic rings. The summed E-state index contributed by atoms with van der Waals surface area (Å²) < 4.78 is 0. The minimum Gasteiger partial charge on any atom is -0.480 e. The van der Waals surface area contributed by atoms with E-state index >= 15 is 0 Å². The number of aliphatic carboxylic acids is 1. The maximum absolute atomic E-state index is 11.5. The lowest BCUT2D eigenvalue weighted by molar-refractivity contribution is -0.139. The van der Waals surface area contributed by atoms with Gasteiger partial charge in [0, 0.05) is 11.8 Å². The van der Waals surface area contributed by atoms with E-state index in [1.54, 1.807) is 6.92 Å². The Balaban J connectivity index is 4.11. The van der Waals surface area contributed by atoms with Gasteiger partial charge in [-0.25, -0.2) is 4.79 Å². The molecule has 2 amide bonds. The normalized spacial score (nSPS) is 13.9. The third-order valence-corrected chi connectivity index (χ3v) is 3.12. The number of carbonyl (C=O) groups excluding carboxylic acids is 2. The van der Waals surface area contributed by atoms with Crippen molar-refractivity contribution in [3.8, 4) is 0 Å². The Morgan fingerprint density at radius 2 is 1.94 bits per heavy atom. The van der Waals surface area contributed by atoms with Crippen molar-refractivity contribution in [2.24, 2.45) is 0 Å². The second-order valence-electron chi connectivity index (χ2n) is 3.81. The van der Waals surface area contributed by atoms with Crippen LogP contribution in [0.5, 0.6) is 0 Å². The molecule has 0 bridgehead atoms. The first kappa shape index (κ1) is 15.8. The standard InChI is InChI=1S/C10H18N2O4S/c1-6(2)12-9(14)7(3)17-4-8(10(15)16)11-5-13/h5-8H,4H2,1-3H3,(H,11,13)(H,12,14)(H,15,16). The van der Waals surface area contributed by atoms with Crippen LogP contribution in [0.2, 0.25) is 0 Å². The zero-order chi connectivity index (χ0) is 13.4. The van der Waals surface area contributed by atoms with Gasteiger partial charge in [0.1, 0.15) is 6.04 Å². The highest BCUT2D eigenvalue weighted by molar-refractivity contribution is 8.00. The van der Waals surface area contributed by atoms with Crippen molar-refractivity contribution in [2.45, 2.75) is 38.1 Å². The molecule has 0 aromatic carbocycles. The van der Waals surface area contributed by atoms with Crippen LogP contribution in [-0.4, -0.2) is 46.5 Å². The Morgan fingerprint density at radius 1 is 1.35 bits per heavy atom. The second kappa shape index (κ2) is 7.94. The highest BCUT2D eigenvalue weighted by Gasteiger charge is 2.20. The van der Waals surface area contributed by atoms with Gasteiger partial charge in [-0.1, -0.05) is 0 Å². The van der Waals surface area contributed by atoms with E-state index in [9.17, 15) is 14.4 Å². The molecule has 7 heteroatoms. The molecule has 2 unspecified atom stereocenters. The lowest BCUT2D eigenvalue weighted by Crippen LogP contribution is -2.40. The first-order chi connectivity index (χ1) is 7.88. The van der Waals surface area contributed by atoms with Gasteiger partial charge in [-0.15, -0.1) is 11.8 Å². The van der Waals surface area contributed by atoms with Gasteiger partial charge >= 0.3 is 5.97 Å². The molecule has 0 saturated carbocycles. The molecule has 0 heterocycles. The minimum atomic E-state index is -1.11. The van der Waals surface area contributed by atoms with Crippen molar-refractivity contribution in [1.82, 2.24) is 10.6 Å². The second-order valence-corrected chi connectivity index (χ2v) is 5.19. The fraction of sp³-hybridized carbons (Fsp3) is 0.700. The van der Waals surface area contributed by atoms with Crippen LogP contribution in [0.25, 0.3) is 0 Å². The third-order valence-electron chi connectivity index (χ3n) is 1.88. The van der Waals surface area contributed by atoms with Gasteiger partial charge in [-0.05, 0) is 20.8 Å². The summed E-state index contributed by atoms with van der Waals surface area (Å²) in [6.07, 6.45) is 0.345. The molecule has 0 aromatic heterocycles. The smallest absolute Gasteiger partial charge is 0.327 e. The molecule has 2 atom stereocenters. The molecule has 0 saturated heterocycles. The van der Waals surface area contributed by atoms with Crippen LogP contribution in [0.4, 0.5) is 0 Å². The molecule has 0 fully saturated rings. The van der Waals surface area contributed by atoms with Crippen LogP contribution in [-0.2, 0) is 14.4 Å². The number of carbonyl (C=O) groups is 3. The highest BCUT2D eigenvalue weighted by Crippen LogP contribution is 2.12. The van der Waals surface area contributed by atoms with Crippen molar-refractivity contribution in [3.63, 3.8) is 0 Å². The maximum Gasteiger partial charge on any atom is 0.327 e. The van der Waals surface area contributed by atoms with Crippen LogP contribution >= 0.6 is 11.8 Å². The largest absolute Gasteiger partial charge is 0.480 e. The van der Waals surface area contributed by atoms with Crippen LogP contribution in [0.1, 0.15) is 20.8 Å². The fourth-order valence-electron chi connectivity index (χ4n) is 0.991. The lowest BCUT2D eigenvalue weighted by Gasteiger charge is -2.16. The monoisotopic (exact) mass is 262 g/mol. The number of amides is 2. The van der Waals surface area contributed by atoms with Crippen molar-refractivity contribution in [2.75, 3.05) is 5.75 Å². The van der Waals surface area contributed by atoms with E-state index in [2.05, 4.69) is 10.6 Å². The first-order valence-corrected chi connectivity index (χ1v) is 6.27. The molecular weight excluding hydrogens is 244 g/mol. The Kier molecular flexibility index (Phi) is 7.36. The molecule has 0 aliphatic carbocycles. The quantitative estimate of drug-likeness (QED) is 0.528. The van der Waals surface area contributed by atoms with E-state index < -0.39 is 12.0 Å². The van der Waals surface area contributed by atoms with Crippen LogP contribution in [0.15, 0.2) is 0 Å². The van der Waals surface area contributed by atoms with Gasteiger partial charge in [0.15, 0.2) is 0 Å². The van der Waals surface area contributed by atoms with Crippen LogP contribution in [0, 0.1) is 0 Å². The van der Waals surface area contributed by atoms with Gasteiger partial charge in [0.05, 0.1) is 5.25 Å². The van der Waals surface area contributed by atoms with Gasteiger partial charge < -0.3 is 15.7 Å². The van der Waals surface area contributed by atoms with E-state index in [-0.39, 0.29) is 23.0 Å². The molecule has 98 valence electrons. The molecule has 0 aliphatic heterocycles. The van der Waals surface area contributed by atoms with Gasteiger partial charge in [-0.2, -0.15) is 0 Å². The molecule has 3 N–H and O–H groups in total. The average Bonchev–Trinajstić information content (AvgIpc) is 2.22. The Morgan fingerprint density at radius 3 is 2.35 bits per heavy atom. The average molecular weight is 262 g/mol. The van der Waals surface area contributed by atoms with Crippen LogP contribution < -0.4 is 10.6 Å². The molecular formula is C10H18N2O4S. The number of thioether (sulfide) groups is 1. The fourth-order valence-corrected chi connectivity index (χ4v) is 1.93. The van der Waals surface area contributed by atoms with Crippen molar-refractivity contribution >= 4 is 30.0 Å². The highest BCUT2D eigenvalue weighted by atomic mass is 32.2. The summed E-state index contributed by atoms with van der Waals surface area (Å²) in [6, 6.07) is -0.916. The van der Waals surface area contributed by atoms with E-state index in [1.807, 2.05) is 13.8 Å². The number of rotatable bonds is 8. The molecule has 0 rings (SSSR count). The summed E-state index contributed by atoms with van der Waals surface area (Å²) in [6.45, 7) is 5.40. The SMILES string of the molecule is CC(C)NC(=O)C(C)SCC(NC=O)C(=O)O. The molecule has 0 aliphatic rings. The topological polar surface area (TPSA) is 95.5 Å². The number of hydrogen-bond acceptors (Lipinski definition) is 4. The molecule has 0 spiro atoms. The van der Waals surface area contributed by atoms with Crippen molar-refractivity contribution < 1.29 is 19.5 Å². The first-order valence-electron chi connectivity index (χ1n) is 5.23. The summed E-state index contributed by atoms with van der Waals surface area (Å²) in [5.74, 6) is -1.10. The minimum absolute atomic E-state index is 0.0499. The molecule has 6 nitrogen and oxygen atoms in total. The molecule has 0 radical (unpaired) electrons. The Labute approximate surface area is 105 Å². The maximum atomic E-state index is 11.5. The van der Waals surface area contributed by atoms with Crippen molar-refractivity contribution in [1.29, 1.82) is 0 Å². The van der Waals surface area contributed by atoms with Gasteiger partial charge in [0.2, 0.25) is 12.3 Å².